The maximum absolute atomic E-state index is 13.0. The van der Waals surface area contributed by atoms with Gasteiger partial charge in [0.1, 0.15) is 5.69 Å². The number of benzene rings is 1. The molecule has 2 heterocycles. The van der Waals surface area contributed by atoms with Gasteiger partial charge in [0.05, 0.1) is 0 Å². The standard InChI is InChI=1S/C18H24N2O/c1-4-20-16-8-6-5-7-15(16)14(3)17(20)18(21)19-11-9-13(2)10-12-19/h5-8,13H,4,9-12H2,1-3H3. The van der Waals surface area contributed by atoms with E-state index >= 15 is 0 Å². The van der Waals surface area contributed by atoms with Gasteiger partial charge in [-0.25, -0.2) is 0 Å². The van der Waals surface area contributed by atoms with Crippen LogP contribution in [0.2, 0.25) is 0 Å². The van der Waals surface area contributed by atoms with Gasteiger partial charge in [-0.1, -0.05) is 25.1 Å². The largest absolute Gasteiger partial charge is 0.337 e. The van der Waals surface area contributed by atoms with E-state index in [1.165, 1.54) is 10.9 Å². The summed E-state index contributed by atoms with van der Waals surface area (Å²) >= 11 is 0. The number of fused-ring (bicyclic) bond motifs is 1. The molecule has 3 nitrogen and oxygen atoms in total. The van der Waals surface area contributed by atoms with Crippen LogP contribution in [0.25, 0.3) is 10.9 Å². The third-order valence-corrected chi connectivity index (χ3v) is 4.81. The topological polar surface area (TPSA) is 25.2 Å². The number of piperidine rings is 1. The summed E-state index contributed by atoms with van der Waals surface area (Å²) in [6.07, 6.45) is 2.24. The van der Waals surface area contributed by atoms with Crippen molar-refractivity contribution >= 4 is 16.8 Å². The van der Waals surface area contributed by atoms with E-state index in [1.807, 2.05) is 17.0 Å². The lowest BCUT2D eigenvalue weighted by Crippen LogP contribution is -2.39. The van der Waals surface area contributed by atoms with Gasteiger partial charge in [0, 0.05) is 30.5 Å². The van der Waals surface area contributed by atoms with E-state index in [4.69, 9.17) is 0 Å². The van der Waals surface area contributed by atoms with Crippen molar-refractivity contribution in [2.45, 2.75) is 40.2 Å². The lowest BCUT2D eigenvalue weighted by Gasteiger charge is -2.30. The van der Waals surface area contributed by atoms with Crippen LogP contribution in [-0.2, 0) is 6.54 Å². The summed E-state index contributed by atoms with van der Waals surface area (Å²) in [6, 6.07) is 8.32. The Morgan fingerprint density at radius 1 is 1.24 bits per heavy atom. The number of amides is 1. The first-order valence-corrected chi connectivity index (χ1v) is 8.00. The van der Waals surface area contributed by atoms with Gasteiger partial charge in [-0.05, 0) is 44.2 Å². The van der Waals surface area contributed by atoms with E-state index < -0.39 is 0 Å². The Hall–Kier alpha value is -1.77. The fourth-order valence-electron chi connectivity index (χ4n) is 3.44. The predicted molar refractivity (Wildman–Crippen MR) is 86.7 cm³/mol. The van der Waals surface area contributed by atoms with Crippen LogP contribution in [-0.4, -0.2) is 28.5 Å². The zero-order valence-corrected chi connectivity index (χ0v) is 13.2. The first-order chi connectivity index (χ1) is 10.1. The molecular weight excluding hydrogens is 260 g/mol. The molecular formula is C18H24N2O. The van der Waals surface area contributed by atoms with Crippen LogP contribution in [0.5, 0.6) is 0 Å². The fraction of sp³-hybridized carbons (Fsp3) is 0.500. The summed E-state index contributed by atoms with van der Waals surface area (Å²) in [4.78, 5) is 15.0. The highest BCUT2D eigenvalue weighted by Gasteiger charge is 2.26. The molecule has 0 aliphatic carbocycles. The molecule has 0 radical (unpaired) electrons. The number of rotatable bonds is 2. The molecule has 0 saturated carbocycles. The zero-order valence-electron chi connectivity index (χ0n) is 13.2. The predicted octanol–water partition coefficient (Wildman–Crippen LogP) is 3.84. The second-order valence-corrected chi connectivity index (χ2v) is 6.21. The molecule has 1 saturated heterocycles. The van der Waals surface area contributed by atoms with Crippen molar-refractivity contribution in [1.82, 2.24) is 9.47 Å². The fourth-order valence-corrected chi connectivity index (χ4v) is 3.44. The monoisotopic (exact) mass is 284 g/mol. The highest BCUT2D eigenvalue weighted by atomic mass is 16.2. The first-order valence-electron chi connectivity index (χ1n) is 8.00. The summed E-state index contributed by atoms with van der Waals surface area (Å²) in [7, 11) is 0. The molecule has 0 N–H and O–H groups in total. The second kappa shape index (κ2) is 5.55. The number of nitrogens with zero attached hydrogens (tertiary/aromatic N) is 2. The Morgan fingerprint density at radius 3 is 2.57 bits per heavy atom. The average Bonchev–Trinajstić information content (AvgIpc) is 2.80. The Labute approximate surface area is 126 Å². The number of carbonyl (C=O) groups excluding carboxylic acids is 1. The van der Waals surface area contributed by atoms with Gasteiger partial charge in [-0.2, -0.15) is 0 Å². The highest BCUT2D eigenvalue weighted by molar-refractivity contribution is 6.01. The molecule has 0 bridgehead atoms. The van der Waals surface area contributed by atoms with E-state index in [-0.39, 0.29) is 5.91 Å². The molecule has 0 spiro atoms. The van der Waals surface area contributed by atoms with Gasteiger partial charge in [-0.3, -0.25) is 4.79 Å². The smallest absolute Gasteiger partial charge is 0.270 e. The number of aryl methyl sites for hydroxylation is 2. The van der Waals surface area contributed by atoms with Gasteiger partial charge in [0.15, 0.2) is 0 Å². The third kappa shape index (κ3) is 2.35. The number of hydrogen-bond acceptors (Lipinski definition) is 1. The molecule has 3 heteroatoms. The van der Waals surface area contributed by atoms with Crippen LogP contribution < -0.4 is 0 Å². The van der Waals surface area contributed by atoms with E-state index in [0.29, 0.717) is 0 Å². The summed E-state index contributed by atoms with van der Waals surface area (Å²) in [6.45, 7) is 9.08. The minimum atomic E-state index is 0.206. The summed E-state index contributed by atoms with van der Waals surface area (Å²) in [5.41, 5.74) is 3.18. The van der Waals surface area contributed by atoms with Crippen molar-refractivity contribution < 1.29 is 4.79 Å². The second-order valence-electron chi connectivity index (χ2n) is 6.21. The zero-order chi connectivity index (χ0) is 15.0. The maximum atomic E-state index is 13.0. The van der Waals surface area contributed by atoms with E-state index in [9.17, 15) is 4.79 Å². The van der Waals surface area contributed by atoms with Gasteiger partial charge in [-0.15, -0.1) is 0 Å². The van der Waals surface area contributed by atoms with E-state index in [2.05, 4.69) is 37.5 Å². The van der Waals surface area contributed by atoms with Crippen LogP contribution >= 0.6 is 0 Å². The molecule has 1 aliphatic heterocycles. The molecule has 2 aromatic rings. The van der Waals surface area contributed by atoms with Gasteiger partial charge in [0.25, 0.3) is 5.91 Å². The van der Waals surface area contributed by atoms with Gasteiger partial charge in [0.2, 0.25) is 0 Å². The summed E-state index contributed by atoms with van der Waals surface area (Å²) in [5, 5.41) is 1.20. The highest BCUT2D eigenvalue weighted by Crippen LogP contribution is 2.28. The molecule has 112 valence electrons. The van der Waals surface area contributed by atoms with Crippen molar-refractivity contribution in [1.29, 1.82) is 0 Å². The summed E-state index contributed by atoms with van der Waals surface area (Å²) < 4.78 is 2.17. The van der Waals surface area contributed by atoms with Crippen LogP contribution in [0.4, 0.5) is 0 Å². The molecule has 1 aliphatic rings. The van der Waals surface area contributed by atoms with E-state index in [0.717, 1.165) is 49.7 Å². The number of carbonyl (C=O) groups is 1. The molecule has 0 atom stereocenters. The Balaban J connectivity index is 2.03. The number of hydrogen-bond donors (Lipinski definition) is 0. The normalized spacial score (nSPS) is 16.6. The lowest BCUT2D eigenvalue weighted by atomic mass is 9.99. The Morgan fingerprint density at radius 2 is 1.90 bits per heavy atom. The lowest BCUT2D eigenvalue weighted by molar-refractivity contribution is 0.0686. The molecule has 21 heavy (non-hydrogen) atoms. The summed E-state index contributed by atoms with van der Waals surface area (Å²) in [5.74, 6) is 0.949. The van der Waals surface area contributed by atoms with Crippen molar-refractivity contribution in [3.63, 3.8) is 0 Å². The van der Waals surface area contributed by atoms with Crippen LogP contribution in [0.3, 0.4) is 0 Å². The number of aromatic nitrogens is 1. The molecule has 1 fully saturated rings. The van der Waals surface area contributed by atoms with Crippen molar-refractivity contribution in [2.75, 3.05) is 13.1 Å². The maximum Gasteiger partial charge on any atom is 0.270 e. The van der Waals surface area contributed by atoms with Crippen LogP contribution in [0.1, 0.15) is 42.7 Å². The van der Waals surface area contributed by atoms with Crippen LogP contribution in [0.15, 0.2) is 24.3 Å². The van der Waals surface area contributed by atoms with Gasteiger partial charge < -0.3 is 9.47 Å². The Kier molecular flexibility index (Phi) is 3.75. The van der Waals surface area contributed by atoms with Gasteiger partial charge >= 0.3 is 0 Å². The minimum Gasteiger partial charge on any atom is -0.337 e. The third-order valence-electron chi connectivity index (χ3n) is 4.81. The van der Waals surface area contributed by atoms with Crippen LogP contribution in [0, 0.1) is 12.8 Å². The molecule has 1 aromatic carbocycles. The molecule has 1 amide bonds. The first kappa shape index (κ1) is 14.2. The van der Waals surface area contributed by atoms with E-state index in [1.54, 1.807) is 0 Å². The SMILES string of the molecule is CCn1c(C(=O)N2CCC(C)CC2)c(C)c2ccccc21. The quantitative estimate of drug-likeness (QED) is 0.822. The Bertz CT molecular complexity index is 663. The minimum absolute atomic E-state index is 0.206. The molecule has 1 aromatic heterocycles. The number of likely N-dealkylation sites (tertiary alicyclic amines) is 1. The van der Waals surface area contributed by atoms with Crippen molar-refractivity contribution in [3.05, 3.63) is 35.5 Å². The molecule has 0 unspecified atom stereocenters. The average molecular weight is 284 g/mol. The number of para-hydroxylation sites is 1. The van der Waals surface area contributed by atoms with Crippen molar-refractivity contribution in [2.24, 2.45) is 5.92 Å². The molecule has 3 rings (SSSR count). The van der Waals surface area contributed by atoms with Crippen molar-refractivity contribution in [3.8, 4) is 0 Å².